The van der Waals surface area contributed by atoms with Crippen LogP contribution in [0.2, 0.25) is 0 Å². The number of aryl methyl sites for hydroxylation is 1. The molecule has 17 heavy (non-hydrogen) atoms. The Balaban J connectivity index is 2.51. The van der Waals surface area contributed by atoms with Crippen LogP contribution in [-0.4, -0.2) is 19.3 Å². The van der Waals surface area contributed by atoms with Crippen LogP contribution < -0.4 is 5.73 Å². The topological polar surface area (TPSA) is 35.2 Å². The van der Waals surface area contributed by atoms with Crippen LogP contribution in [0.15, 0.2) is 30.3 Å². The lowest BCUT2D eigenvalue weighted by Crippen LogP contribution is -2.44. The minimum absolute atomic E-state index is 0.0835. The second kappa shape index (κ2) is 6.18. The second-order valence-electron chi connectivity index (χ2n) is 5.71. The van der Waals surface area contributed by atoms with Crippen molar-refractivity contribution in [3.05, 3.63) is 35.9 Å². The maximum Gasteiger partial charge on any atom is 0.0770 e. The molecule has 0 aliphatic rings. The minimum atomic E-state index is 0.0835. The van der Waals surface area contributed by atoms with E-state index in [1.807, 2.05) is 6.07 Å². The van der Waals surface area contributed by atoms with Gasteiger partial charge in [0.1, 0.15) is 0 Å². The molecular formula is C15H25NO. The van der Waals surface area contributed by atoms with Gasteiger partial charge >= 0.3 is 0 Å². The van der Waals surface area contributed by atoms with Gasteiger partial charge in [-0.3, -0.25) is 0 Å². The van der Waals surface area contributed by atoms with Crippen LogP contribution in [0.4, 0.5) is 0 Å². The molecule has 0 bridgehead atoms. The first-order chi connectivity index (χ1) is 7.95. The minimum Gasteiger partial charge on any atom is -0.379 e. The van der Waals surface area contributed by atoms with Crippen LogP contribution >= 0.6 is 0 Å². The molecule has 0 aliphatic heterocycles. The summed E-state index contributed by atoms with van der Waals surface area (Å²) in [6.07, 6.45) is 2.07. The molecule has 2 heteroatoms. The molecule has 2 nitrogen and oxygen atoms in total. The monoisotopic (exact) mass is 235 g/mol. The van der Waals surface area contributed by atoms with Gasteiger partial charge in [-0.25, -0.2) is 0 Å². The number of nitrogens with two attached hydrogens (primary N) is 1. The van der Waals surface area contributed by atoms with Gasteiger partial charge in [-0.1, -0.05) is 51.1 Å². The van der Waals surface area contributed by atoms with Crippen LogP contribution in [0, 0.1) is 5.41 Å². The zero-order valence-corrected chi connectivity index (χ0v) is 11.4. The Morgan fingerprint density at radius 1 is 1.18 bits per heavy atom. The molecule has 1 rings (SSSR count). The molecule has 2 atom stereocenters. The Bertz CT molecular complexity index is 315. The standard InChI is InChI=1S/C15H25NO/c1-15(2,3)14(17-4)13(16)11-10-12-8-6-5-7-9-12/h5-9,13-14H,10-11,16H2,1-4H3. The largest absolute Gasteiger partial charge is 0.379 e. The van der Waals surface area contributed by atoms with Crippen LogP contribution in [-0.2, 0) is 11.2 Å². The van der Waals surface area contributed by atoms with E-state index in [-0.39, 0.29) is 17.6 Å². The summed E-state index contributed by atoms with van der Waals surface area (Å²) in [5.41, 5.74) is 7.67. The van der Waals surface area contributed by atoms with Crippen LogP contribution in [0.5, 0.6) is 0 Å². The van der Waals surface area contributed by atoms with Crippen molar-refractivity contribution in [2.45, 2.75) is 45.8 Å². The van der Waals surface area contributed by atoms with Gasteiger partial charge in [0, 0.05) is 13.2 Å². The molecular weight excluding hydrogens is 210 g/mol. The van der Waals surface area contributed by atoms with Crippen molar-refractivity contribution in [1.82, 2.24) is 0 Å². The van der Waals surface area contributed by atoms with Crippen molar-refractivity contribution in [2.24, 2.45) is 11.1 Å². The molecule has 0 radical (unpaired) electrons. The lowest BCUT2D eigenvalue weighted by Gasteiger charge is -2.34. The third-order valence-corrected chi connectivity index (χ3v) is 3.11. The molecule has 0 amide bonds. The van der Waals surface area contributed by atoms with Crippen LogP contribution in [0.3, 0.4) is 0 Å². The van der Waals surface area contributed by atoms with Crippen molar-refractivity contribution >= 4 is 0 Å². The summed E-state index contributed by atoms with van der Waals surface area (Å²) in [5.74, 6) is 0. The summed E-state index contributed by atoms with van der Waals surface area (Å²) in [7, 11) is 1.75. The summed E-state index contributed by atoms with van der Waals surface area (Å²) in [6, 6.07) is 10.5. The number of ether oxygens (including phenoxy) is 1. The van der Waals surface area contributed by atoms with E-state index >= 15 is 0 Å². The number of methoxy groups -OCH3 is 1. The van der Waals surface area contributed by atoms with Crippen LogP contribution in [0.25, 0.3) is 0 Å². The first-order valence-electron chi connectivity index (χ1n) is 6.27. The van der Waals surface area contributed by atoms with E-state index in [0.29, 0.717) is 0 Å². The molecule has 0 spiro atoms. The van der Waals surface area contributed by atoms with Gasteiger partial charge in [0.25, 0.3) is 0 Å². The number of hydrogen-bond acceptors (Lipinski definition) is 2. The first kappa shape index (κ1) is 14.2. The summed E-state index contributed by atoms with van der Waals surface area (Å²) < 4.78 is 5.54. The zero-order chi connectivity index (χ0) is 12.9. The molecule has 1 aromatic rings. The molecule has 0 saturated carbocycles. The van der Waals surface area contributed by atoms with E-state index in [1.165, 1.54) is 5.56 Å². The molecule has 1 aromatic carbocycles. The van der Waals surface area contributed by atoms with Gasteiger partial charge < -0.3 is 10.5 Å². The highest BCUT2D eigenvalue weighted by atomic mass is 16.5. The highest BCUT2D eigenvalue weighted by molar-refractivity contribution is 5.14. The van der Waals surface area contributed by atoms with Crippen molar-refractivity contribution in [1.29, 1.82) is 0 Å². The number of benzene rings is 1. The first-order valence-corrected chi connectivity index (χ1v) is 6.27. The highest BCUT2D eigenvalue weighted by Gasteiger charge is 2.29. The van der Waals surface area contributed by atoms with Crippen molar-refractivity contribution < 1.29 is 4.74 Å². The van der Waals surface area contributed by atoms with E-state index in [4.69, 9.17) is 10.5 Å². The van der Waals surface area contributed by atoms with E-state index in [0.717, 1.165) is 12.8 Å². The number of hydrogen-bond donors (Lipinski definition) is 1. The van der Waals surface area contributed by atoms with Gasteiger partial charge in [0.2, 0.25) is 0 Å². The lowest BCUT2D eigenvalue weighted by atomic mass is 9.83. The SMILES string of the molecule is COC(C(N)CCc1ccccc1)C(C)(C)C. The van der Waals surface area contributed by atoms with Crippen molar-refractivity contribution in [3.63, 3.8) is 0 Å². The Labute approximate surface area is 105 Å². The molecule has 0 aliphatic carbocycles. The highest BCUT2D eigenvalue weighted by Crippen LogP contribution is 2.25. The summed E-state index contributed by atoms with van der Waals surface area (Å²) in [4.78, 5) is 0. The predicted molar refractivity (Wildman–Crippen MR) is 73.0 cm³/mol. The maximum atomic E-state index is 6.24. The molecule has 0 heterocycles. The second-order valence-corrected chi connectivity index (χ2v) is 5.71. The molecule has 2 unspecified atom stereocenters. The fourth-order valence-electron chi connectivity index (χ4n) is 2.30. The lowest BCUT2D eigenvalue weighted by molar-refractivity contribution is -0.00348. The van der Waals surface area contributed by atoms with Gasteiger partial charge in [0.05, 0.1) is 6.10 Å². The van der Waals surface area contributed by atoms with E-state index in [9.17, 15) is 0 Å². The Hall–Kier alpha value is -0.860. The number of rotatable bonds is 5. The average Bonchev–Trinajstić information content (AvgIpc) is 2.27. The molecule has 0 saturated heterocycles. The average molecular weight is 235 g/mol. The fraction of sp³-hybridized carbons (Fsp3) is 0.600. The Morgan fingerprint density at radius 2 is 1.76 bits per heavy atom. The third-order valence-electron chi connectivity index (χ3n) is 3.11. The fourth-order valence-corrected chi connectivity index (χ4v) is 2.30. The van der Waals surface area contributed by atoms with E-state index in [1.54, 1.807) is 7.11 Å². The zero-order valence-electron chi connectivity index (χ0n) is 11.4. The predicted octanol–water partition coefficient (Wildman–Crippen LogP) is 3.01. The van der Waals surface area contributed by atoms with Gasteiger partial charge in [-0.2, -0.15) is 0 Å². The smallest absolute Gasteiger partial charge is 0.0770 e. The van der Waals surface area contributed by atoms with Crippen LogP contribution in [0.1, 0.15) is 32.8 Å². The van der Waals surface area contributed by atoms with Crippen molar-refractivity contribution in [2.75, 3.05) is 7.11 Å². The third kappa shape index (κ3) is 4.49. The summed E-state index contributed by atoms with van der Waals surface area (Å²) in [6.45, 7) is 6.51. The summed E-state index contributed by atoms with van der Waals surface area (Å²) >= 11 is 0. The Morgan fingerprint density at radius 3 is 2.24 bits per heavy atom. The molecule has 96 valence electrons. The normalized spacial score (nSPS) is 15.6. The maximum absolute atomic E-state index is 6.24. The van der Waals surface area contributed by atoms with Gasteiger partial charge in [-0.05, 0) is 23.8 Å². The van der Waals surface area contributed by atoms with Crippen molar-refractivity contribution in [3.8, 4) is 0 Å². The molecule has 0 fully saturated rings. The molecule has 2 N–H and O–H groups in total. The Kier molecular flexibility index (Phi) is 5.16. The quantitative estimate of drug-likeness (QED) is 0.851. The van der Waals surface area contributed by atoms with Gasteiger partial charge in [0.15, 0.2) is 0 Å². The molecule has 0 aromatic heterocycles. The van der Waals surface area contributed by atoms with E-state index in [2.05, 4.69) is 45.0 Å². The van der Waals surface area contributed by atoms with E-state index < -0.39 is 0 Å². The van der Waals surface area contributed by atoms with Gasteiger partial charge in [-0.15, -0.1) is 0 Å². The summed E-state index contributed by atoms with van der Waals surface area (Å²) in [5, 5.41) is 0.